The van der Waals surface area contributed by atoms with Crippen LogP contribution >= 0.6 is 11.6 Å². The van der Waals surface area contributed by atoms with Crippen molar-refractivity contribution in [2.45, 2.75) is 32.4 Å². The maximum Gasteiger partial charge on any atom is 0.244 e. The minimum absolute atomic E-state index is 0.0452. The number of halogens is 2. The highest BCUT2D eigenvalue weighted by Crippen LogP contribution is 2.30. The van der Waals surface area contributed by atoms with Gasteiger partial charge in [0, 0.05) is 12.6 Å². The van der Waals surface area contributed by atoms with Crippen LogP contribution in [0.15, 0.2) is 18.2 Å². The third kappa shape index (κ3) is 2.65. The Hall–Kier alpha value is -1.13. The lowest BCUT2D eigenvalue weighted by atomic mass is 10.2. The molecule has 98 valence electrons. The molecule has 1 atom stereocenters. The molecule has 0 aliphatic carbocycles. The summed E-state index contributed by atoms with van der Waals surface area (Å²) in [7, 11) is 0. The number of carbonyl (C=O) groups is 1. The molecule has 1 aromatic rings. The summed E-state index contributed by atoms with van der Waals surface area (Å²) in [6.07, 6.45) is 0.712. The fourth-order valence-corrected chi connectivity index (χ4v) is 2.39. The molecule has 1 heterocycles. The Morgan fingerprint density at radius 3 is 2.89 bits per heavy atom. The van der Waals surface area contributed by atoms with Crippen LogP contribution in [-0.2, 0) is 4.79 Å². The number of hydrogen-bond donors (Lipinski definition) is 1. The standard InChI is InChI=1S/C13H16ClFN2O/c1-8(2)16-11-5-6-17(13(11)18)12-7-9(15)3-4-10(12)14/h3-4,7-8,11,16H,5-6H2,1-2H3. The minimum atomic E-state index is -0.387. The summed E-state index contributed by atoms with van der Waals surface area (Å²) >= 11 is 6.01. The number of benzene rings is 1. The Labute approximate surface area is 111 Å². The topological polar surface area (TPSA) is 32.3 Å². The average Bonchev–Trinajstić information content (AvgIpc) is 2.64. The number of carbonyl (C=O) groups excluding carboxylic acids is 1. The first kappa shape index (κ1) is 13.3. The second-order valence-corrected chi connectivity index (χ2v) is 5.16. The van der Waals surface area contributed by atoms with Crippen molar-refractivity contribution in [3.8, 4) is 0 Å². The molecular weight excluding hydrogens is 255 g/mol. The molecule has 0 aromatic heterocycles. The number of hydrogen-bond acceptors (Lipinski definition) is 2. The summed E-state index contributed by atoms with van der Waals surface area (Å²) in [4.78, 5) is 13.7. The van der Waals surface area contributed by atoms with Crippen LogP contribution < -0.4 is 10.2 Å². The number of rotatable bonds is 3. The fourth-order valence-electron chi connectivity index (χ4n) is 2.17. The van der Waals surface area contributed by atoms with Crippen LogP contribution in [0.5, 0.6) is 0 Å². The number of anilines is 1. The summed E-state index contributed by atoms with van der Waals surface area (Å²) in [6.45, 7) is 4.54. The minimum Gasteiger partial charge on any atom is -0.309 e. The Morgan fingerprint density at radius 1 is 1.50 bits per heavy atom. The molecule has 1 unspecified atom stereocenters. The number of nitrogens with one attached hydrogen (secondary N) is 1. The van der Waals surface area contributed by atoms with Gasteiger partial charge in [-0.15, -0.1) is 0 Å². The Bertz CT molecular complexity index is 464. The van der Waals surface area contributed by atoms with Crippen molar-refractivity contribution in [3.05, 3.63) is 29.0 Å². The van der Waals surface area contributed by atoms with Gasteiger partial charge in [0.15, 0.2) is 0 Å². The van der Waals surface area contributed by atoms with E-state index in [9.17, 15) is 9.18 Å². The molecule has 3 nitrogen and oxygen atoms in total. The van der Waals surface area contributed by atoms with E-state index in [1.807, 2.05) is 13.8 Å². The molecule has 5 heteroatoms. The summed E-state index contributed by atoms with van der Waals surface area (Å²) in [6, 6.07) is 4.10. The lowest BCUT2D eigenvalue weighted by molar-refractivity contribution is -0.118. The van der Waals surface area contributed by atoms with Gasteiger partial charge in [0.05, 0.1) is 16.8 Å². The van der Waals surface area contributed by atoms with E-state index < -0.39 is 0 Å². The number of nitrogens with zero attached hydrogens (tertiary/aromatic N) is 1. The summed E-state index contributed by atoms with van der Waals surface area (Å²) in [5.41, 5.74) is 0.453. The smallest absolute Gasteiger partial charge is 0.244 e. The van der Waals surface area contributed by atoms with Gasteiger partial charge >= 0.3 is 0 Å². The van der Waals surface area contributed by atoms with Crippen molar-refractivity contribution in [1.29, 1.82) is 0 Å². The normalized spacial score (nSPS) is 19.9. The molecule has 1 aliphatic heterocycles. The predicted molar refractivity (Wildman–Crippen MR) is 70.4 cm³/mol. The second-order valence-electron chi connectivity index (χ2n) is 4.75. The van der Waals surface area contributed by atoms with Crippen molar-refractivity contribution in [2.75, 3.05) is 11.4 Å². The van der Waals surface area contributed by atoms with Crippen molar-refractivity contribution in [3.63, 3.8) is 0 Å². The van der Waals surface area contributed by atoms with Crippen LogP contribution in [0.2, 0.25) is 5.02 Å². The SMILES string of the molecule is CC(C)NC1CCN(c2cc(F)ccc2Cl)C1=O. The van der Waals surface area contributed by atoms with Crippen LogP contribution in [0.3, 0.4) is 0 Å². The van der Waals surface area contributed by atoms with Crippen molar-refractivity contribution >= 4 is 23.2 Å². The van der Waals surface area contributed by atoms with Gasteiger partial charge in [-0.1, -0.05) is 25.4 Å². The predicted octanol–water partition coefficient (Wildman–Crippen LogP) is 2.58. The van der Waals surface area contributed by atoms with Crippen LogP contribution in [0.4, 0.5) is 10.1 Å². The van der Waals surface area contributed by atoms with Gasteiger partial charge in [-0.05, 0) is 24.6 Å². The molecule has 0 bridgehead atoms. The maximum atomic E-state index is 13.2. The summed E-state index contributed by atoms with van der Waals surface area (Å²) in [5.74, 6) is -0.432. The maximum absolute atomic E-state index is 13.2. The van der Waals surface area contributed by atoms with E-state index in [0.29, 0.717) is 23.7 Å². The average molecular weight is 271 g/mol. The zero-order valence-electron chi connectivity index (χ0n) is 10.4. The van der Waals surface area contributed by atoms with Crippen LogP contribution in [0, 0.1) is 5.82 Å². The van der Waals surface area contributed by atoms with Crippen molar-refractivity contribution in [1.82, 2.24) is 5.32 Å². The van der Waals surface area contributed by atoms with Gasteiger partial charge in [0.1, 0.15) is 5.82 Å². The molecule has 1 amide bonds. The van der Waals surface area contributed by atoms with Crippen molar-refractivity contribution < 1.29 is 9.18 Å². The number of amides is 1. The molecule has 1 aliphatic rings. The van der Waals surface area contributed by atoms with Crippen LogP contribution in [0.1, 0.15) is 20.3 Å². The molecule has 2 rings (SSSR count). The third-order valence-electron chi connectivity index (χ3n) is 2.94. The highest BCUT2D eigenvalue weighted by atomic mass is 35.5. The zero-order chi connectivity index (χ0) is 13.3. The highest BCUT2D eigenvalue weighted by molar-refractivity contribution is 6.33. The van der Waals surface area contributed by atoms with Crippen LogP contribution in [-0.4, -0.2) is 24.5 Å². The van der Waals surface area contributed by atoms with Gasteiger partial charge < -0.3 is 10.2 Å². The molecule has 0 radical (unpaired) electrons. The van der Waals surface area contributed by atoms with E-state index in [4.69, 9.17) is 11.6 Å². The highest BCUT2D eigenvalue weighted by Gasteiger charge is 2.33. The van der Waals surface area contributed by atoms with E-state index in [-0.39, 0.29) is 23.8 Å². The van der Waals surface area contributed by atoms with E-state index >= 15 is 0 Å². The molecular formula is C13H16ClFN2O. The Morgan fingerprint density at radius 2 is 2.22 bits per heavy atom. The molecule has 1 aromatic carbocycles. The van der Waals surface area contributed by atoms with E-state index in [0.717, 1.165) is 0 Å². The molecule has 0 saturated carbocycles. The van der Waals surface area contributed by atoms with E-state index in [1.54, 1.807) is 4.90 Å². The van der Waals surface area contributed by atoms with Crippen LogP contribution in [0.25, 0.3) is 0 Å². The summed E-state index contributed by atoms with van der Waals surface area (Å²) in [5, 5.41) is 3.60. The third-order valence-corrected chi connectivity index (χ3v) is 3.26. The molecule has 1 saturated heterocycles. The first-order chi connectivity index (χ1) is 8.49. The molecule has 0 spiro atoms. The quantitative estimate of drug-likeness (QED) is 0.916. The zero-order valence-corrected chi connectivity index (χ0v) is 11.2. The first-order valence-corrected chi connectivity index (χ1v) is 6.39. The monoisotopic (exact) mass is 270 g/mol. The fraction of sp³-hybridized carbons (Fsp3) is 0.462. The van der Waals surface area contributed by atoms with Crippen molar-refractivity contribution in [2.24, 2.45) is 0 Å². The van der Waals surface area contributed by atoms with E-state index in [1.165, 1.54) is 18.2 Å². The lowest BCUT2D eigenvalue weighted by Crippen LogP contribution is -2.41. The van der Waals surface area contributed by atoms with Gasteiger partial charge in [-0.3, -0.25) is 4.79 Å². The Balaban J connectivity index is 2.20. The Kier molecular flexibility index (Phi) is 3.88. The largest absolute Gasteiger partial charge is 0.309 e. The lowest BCUT2D eigenvalue weighted by Gasteiger charge is -2.19. The van der Waals surface area contributed by atoms with Gasteiger partial charge in [-0.25, -0.2) is 4.39 Å². The van der Waals surface area contributed by atoms with Gasteiger partial charge in [0.25, 0.3) is 0 Å². The summed E-state index contributed by atoms with van der Waals surface area (Å²) < 4.78 is 13.2. The second kappa shape index (κ2) is 5.24. The first-order valence-electron chi connectivity index (χ1n) is 6.01. The molecule has 1 fully saturated rings. The van der Waals surface area contributed by atoms with Gasteiger partial charge in [-0.2, -0.15) is 0 Å². The molecule has 1 N–H and O–H groups in total. The van der Waals surface area contributed by atoms with Gasteiger partial charge in [0.2, 0.25) is 5.91 Å². The molecule has 18 heavy (non-hydrogen) atoms. The van der Waals surface area contributed by atoms with E-state index in [2.05, 4.69) is 5.32 Å².